The maximum atomic E-state index is 12.3. The van der Waals surface area contributed by atoms with E-state index < -0.39 is 10.8 Å². The molecule has 138 valence electrons. The zero-order valence-electron chi connectivity index (χ0n) is 14.4. The minimum atomic E-state index is -1.36. The van der Waals surface area contributed by atoms with E-state index in [0.717, 1.165) is 12.0 Å². The van der Waals surface area contributed by atoms with Crippen LogP contribution in [-0.4, -0.2) is 29.1 Å². The third kappa shape index (κ3) is 4.77. The molecule has 1 atom stereocenters. The number of fused-ring (bicyclic) bond motifs is 1. The Morgan fingerprint density at radius 3 is 2.62 bits per heavy atom. The van der Waals surface area contributed by atoms with Gasteiger partial charge in [0.15, 0.2) is 11.5 Å². The van der Waals surface area contributed by atoms with Crippen LogP contribution in [0.15, 0.2) is 36.4 Å². The minimum Gasteiger partial charge on any atom is -0.486 e. The number of benzene rings is 2. The van der Waals surface area contributed by atoms with Crippen molar-refractivity contribution in [2.24, 2.45) is 0 Å². The molecule has 1 amide bonds. The van der Waals surface area contributed by atoms with Gasteiger partial charge < -0.3 is 14.8 Å². The zero-order valence-corrected chi connectivity index (χ0v) is 16.0. The lowest BCUT2D eigenvalue weighted by Crippen LogP contribution is -2.20. The first-order valence-electron chi connectivity index (χ1n) is 8.37. The number of hydrogen-bond donors (Lipinski definition) is 1. The largest absolute Gasteiger partial charge is 0.486 e. The van der Waals surface area contributed by atoms with Crippen molar-refractivity contribution in [2.75, 3.05) is 24.3 Å². The van der Waals surface area contributed by atoms with Crippen LogP contribution in [0.2, 0.25) is 5.02 Å². The van der Waals surface area contributed by atoms with E-state index in [1.54, 1.807) is 12.1 Å². The van der Waals surface area contributed by atoms with Crippen LogP contribution in [0.25, 0.3) is 0 Å². The Hall–Kier alpha value is -2.05. The molecule has 0 saturated heterocycles. The van der Waals surface area contributed by atoms with Gasteiger partial charge in [-0.15, -0.1) is 0 Å². The fourth-order valence-corrected chi connectivity index (χ4v) is 3.94. The summed E-state index contributed by atoms with van der Waals surface area (Å²) in [6.45, 7) is 2.98. The van der Waals surface area contributed by atoms with Crippen molar-refractivity contribution in [1.29, 1.82) is 0 Å². The Morgan fingerprint density at radius 1 is 1.15 bits per heavy atom. The van der Waals surface area contributed by atoms with E-state index in [2.05, 4.69) is 12.2 Å². The summed E-state index contributed by atoms with van der Waals surface area (Å²) in [6, 6.07) is 11.1. The first-order chi connectivity index (χ1) is 12.5. The third-order valence-electron chi connectivity index (χ3n) is 3.92. The normalized spacial score (nSPS) is 13.9. The van der Waals surface area contributed by atoms with Gasteiger partial charge in [0.05, 0.1) is 5.02 Å². The number of nitrogens with one attached hydrogen (secondary N) is 1. The average Bonchev–Trinajstić information content (AvgIpc) is 2.62. The Kier molecular flexibility index (Phi) is 6.16. The minimum absolute atomic E-state index is 0.0818. The maximum absolute atomic E-state index is 12.3. The van der Waals surface area contributed by atoms with Gasteiger partial charge in [-0.2, -0.15) is 0 Å². The van der Waals surface area contributed by atoms with Gasteiger partial charge in [0.1, 0.15) is 19.0 Å². The Labute approximate surface area is 160 Å². The molecule has 5 nitrogen and oxygen atoms in total. The monoisotopic (exact) mass is 393 g/mol. The van der Waals surface area contributed by atoms with Crippen molar-refractivity contribution in [2.45, 2.75) is 19.1 Å². The van der Waals surface area contributed by atoms with Gasteiger partial charge >= 0.3 is 0 Å². The second kappa shape index (κ2) is 8.56. The summed E-state index contributed by atoms with van der Waals surface area (Å²) in [7, 11) is -1.36. The van der Waals surface area contributed by atoms with Crippen LogP contribution in [0.3, 0.4) is 0 Å². The summed E-state index contributed by atoms with van der Waals surface area (Å²) >= 11 is 6.19. The van der Waals surface area contributed by atoms with Crippen LogP contribution < -0.4 is 14.8 Å². The Bertz CT molecular complexity index is 823. The lowest BCUT2D eigenvalue weighted by molar-refractivity contribution is -0.113. The molecule has 1 aliphatic rings. The Balaban J connectivity index is 1.58. The fraction of sp³-hybridized carbons (Fsp3) is 0.316. The van der Waals surface area contributed by atoms with Crippen molar-refractivity contribution in [1.82, 2.24) is 0 Å². The van der Waals surface area contributed by atoms with E-state index in [4.69, 9.17) is 21.1 Å². The molecule has 0 radical (unpaired) electrons. The van der Waals surface area contributed by atoms with Crippen molar-refractivity contribution in [3.63, 3.8) is 0 Å². The molecule has 26 heavy (non-hydrogen) atoms. The highest BCUT2D eigenvalue weighted by Crippen LogP contribution is 2.38. The lowest BCUT2D eigenvalue weighted by atomic mass is 10.1. The van der Waals surface area contributed by atoms with E-state index in [0.29, 0.717) is 35.4 Å². The molecular formula is C19H20ClNO4S. The molecule has 0 bridgehead atoms. The molecular weight excluding hydrogens is 374 g/mol. The zero-order chi connectivity index (χ0) is 18.5. The summed E-state index contributed by atoms with van der Waals surface area (Å²) in [6.07, 6.45) is 0.941. The van der Waals surface area contributed by atoms with Gasteiger partial charge in [-0.1, -0.05) is 30.7 Å². The SMILES string of the molecule is CCc1ccc(NC(=O)CS(=O)Cc2cc(Cl)c3c(c2)OCCO3)cc1. The molecule has 2 aromatic carbocycles. The van der Waals surface area contributed by atoms with Gasteiger partial charge in [0.2, 0.25) is 5.91 Å². The highest BCUT2D eigenvalue weighted by Gasteiger charge is 2.18. The standard InChI is InChI=1S/C19H20ClNO4S/c1-2-13-3-5-15(6-4-13)21-18(22)12-26(23)11-14-9-16(20)19-17(10-14)24-7-8-25-19/h3-6,9-10H,2,7-8,11-12H2,1H3,(H,21,22). The molecule has 1 N–H and O–H groups in total. The molecule has 1 unspecified atom stereocenters. The molecule has 0 aromatic heterocycles. The number of amides is 1. The number of rotatable bonds is 6. The maximum Gasteiger partial charge on any atom is 0.237 e. The topological polar surface area (TPSA) is 64.6 Å². The summed E-state index contributed by atoms with van der Waals surface area (Å²) in [5, 5.41) is 3.19. The van der Waals surface area contributed by atoms with Crippen molar-refractivity contribution >= 4 is 34.0 Å². The van der Waals surface area contributed by atoms with Gasteiger partial charge in [-0.25, -0.2) is 0 Å². The summed E-state index contributed by atoms with van der Waals surface area (Å²) in [5.74, 6) is 0.924. The van der Waals surface area contributed by atoms with Crippen molar-refractivity contribution in [3.8, 4) is 11.5 Å². The predicted molar refractivity (Wildman–Crippen MR) is 104 cm³/mol. The van der Waals surface area contributed by atoms with E-state index in [1.807, 2.05) is 24.3 Å². The molecule has 0 spiro atoms. The van der Waals surface area contributed by atoms with Crippen LogP contribution in [0.4, 0.5) is 5.69 Å². The molecule has 2 aromatic rings. The highest BCUT2D eigenvalue weighted by atomic mass is 35.5. The van der Waals surface area contributed by atoms with Gasteiger partial charge in [-0.3, -0.25) is 9.00 Å². The van der Waals surface area contributed by atoms with E-state index in [9.17, 15) is 9.00 Å². The van der Waals surface area contributed by atoms with Crippen LogP contribution in [0, 0.1) is 0 Å². The molecule has 1 aliphatic heterocycles. The van der Waals surface area contributed by atoms with Crippen molar-refractivity contribution < 1.29 is 18.5 Å². The van der Waals surface area contributed by atoms with Crippen LogP contribution in [-0.2, 0) is 27.8 Å². The molecule has 7 heteroatoms. The average molecular weight is 394 g/mol. The first-order valence-corrected chi connectivity index (χ1v) is 10.2. The molecule has 1 heterocycles. The number of anilines is 1. The number of ether oxygens (including phenoxy) is 2. The molecule has 0 fully saturated rings. The molecule has 0 aliphatic carbocycles. The third-order valence-corrected chi connectivity index (χ3v) is 5.44. The summed E-state index contributed by atoms with van der Waals surface area (Å²) < 4.78 is 23.3. The van der Waals surface area contributed by atoms with Crippen LogP contribution in [0.5, 0.6) is 11.5 Å². The lowest BCUT2D eigenvalue weighted by Gasteiger charge is -2.20. The van der Waals surface area contributed by atoms with E-state index in [-0.39, 0.29) is 17.4 Å². The van der Waals surface area contributed by atoms with Gasteiger partial charge in [0.25, 0.3) is 0 Å². The van der Waals surface area contributed by atoms with Gasteiger partial charge in [-0.05, 0) is 41.8 Å². The number of hydrogen-bond acceptors (Lipinski definition) is 4. The summed E-state index contributed by atoms with van der Waals surface area (Å²) in [5.41, 5.74) is 2.64. The smallest absolute Gasteiger partial charge is 0.237 e. The fourth-order valence-electron chi connectivity index (χ4n) is 2.65. The predicted octanol–water partition coefficient (Wildman–Crippen LogP) is 3.56. The van der Waals surface area contributed by atoms with E-state index >= 15 is 0 Å². The van der Waals surface area contributed by atoms with Gasteiger partial charge in [0, 0.05) is 22.2 Å². The van der Waals surface area contributed by atoms with Crippen LogP contribution >= 0.6 is 11.6 Å². The Morgan fingerprint density at radius 2 is 1.88 bits per heavy atom. The first kappa shape index (κ1) is 18.7. The highest BCUT2D eigenvalue weighted by molar-refractivity contribution is 7.84. The number of carbonyl (C=O) groups is 1. The number of halogens is 1. The number of carbonyl (C=O) groups excluding carboxylic acids is 1. The molecule has 0 saturated carbocycles. The quantitative estimate of drug-likeness (QED) is 0.814. The second-order valence-electron chi connectivity index (χ2n) is 5.93. The number of aryl methyl sites for hydroxylation is 1. The van der Waals surface area contributed by atoms with E-state index in [1.165, 1.54) is 5.56 Å². The summed E-state index contributed by atoms with van der Waals surface area (Å²) in [4.78, 5) is 12.1. The second-order valence-corrected chi connectivity index (χ2v) is 7.79. The van der Waals surface area contributed by atoms with Crippen molar-refractivity contribution in [3.05, 3.63) is 52.5 Å². The molecule has 3 rings (SSSR count). The van der Waals surface area contributed by atoms with Crippen LogP contribution in [0.1, 0.15) is 18.1 Å².